The van der Waals surface area contributed by atoms with Crippen LogP contribution in [0.5, 0.6) is 0 Å². The highest BCUT2D eigenvalue weighted by Gasteiger charge is 2.11. The lowest BCUT2D eigenvalue weighted by molar-refractivity contribution is 0.386. The third-order valence-electron chi connectivity index (χ3n) is 3.35. The van der Waals surface area contributed by atoms with E-state index < -0.39 is 0 Å². The standard InChI is InChI=1S/C15H22ClN3/c1-12-6-4-7-13-15(12)19(11-5-10-18(2)3)14(17-13)8-9-16/h4,6-7H,5,8-11H2,1-3H3. The van der Waals surface area contributed by atoms with E-state index in [0.717, 1.165) is 37.3 Å². The molecule has 0 unspecified atom stereocenters. The fourth-order valence-electron chi connectivity index (χ4n) is 2.47. The summed E-state index contributed by atoms with van der Waals surface area (Å²) in [7, 11) is 4.22. The first-order chi connectivity index (χ1) is 9.13. The highest BCUT2D eigenvalue weighted by Crippen LogP contribution is 2.21. The average molecular weight is 280 g/mol. The second-order valence-corrected chi connectivity index (χ2v) is 5.60. The highest BCUT2D eigenvalue weighted by atomic mass is 35.5. The Labute approximate surface area is 120 Å². The van der Waals surface area contributed by atoms with Crippen LogP contribution in [0.15, 0.2) is 18.2 Å². The maximum Gasteiger partial charge on any atom is 0.111 e. The van der Waals surface area contributed by atoms with E-state index in [-0.39, 0.29) is 0 Å². The van der Waals surface area contributed by atoms with Crippen LogP contribution in [0.4, 0.5) is 0 Å². The Kier molecular flexibility index (Phi) is 4.83. The van der Waals surface area contributed by atoms with Gasteiger partial charge in [0.2, 0.25) is 0 Å². The van der Waals surface area contributed by atoms with Crippen LogP contribution in [-0.2, 0) is 13.0 Å². The molecule has 4 heteroatoms. The molecule has 0 atom stereocenters. The molecule has 0 radical (unpaired) electrons. The lowest BCUT2D eigenvalue weighted by atomic mass is 10.2. The van der Waals surface area contributed by atoms with Crippen molar-refractivity contribution in [3.05, 3.63) is 29.6 Å². The number of alkyl halides is 1. The second kappa shape index (κ2) is 6.40. The number of nitrogens with zero attached hydrogens (tertiary/aromatic N) is 3. The molecule has 0 aliphatic heterocycles. The highest BCUT2D eigenvalue weighted by molar-refractivity contribution is 6.17. The van der Waals surface area contributed by atoms with Crippen LogP contribution in [0.2, 0.25) is 0 Å². The van der Waals surface area contributed by atoms with Gasteiger partial charge in [-0.15, -0.1) is 11.6 Å². The molecule has 0 saturated heterocycles. The van der Waals surface area contributed by atoms with Gasteiger partial charge in [0.05, 0.1) is 11.0 Å². The number of aryl methyl sites for hydroxylation is 3. The van der Waals surface area contributed by atoms with Crippen LogP contribution in [-0.4, -0.2) is 41.0 Å². The number of imidazole rings is 1. The molecule has 0 bridgehead atoms. The van der Waals surface area contributed by atoms with E-state index >= 15 is 0 Å². The Morgan fingerprint density at radius 2 is 2.11 bits per heavy atom. The molecule has 0 saturated carbocycles. The molecule has 0 aliphatic rings. The van der Waals surface area contributed by atoms with Gasteiger partial charge in [-0.2, -0.15) is 0 Å². The van der Waals surface area contributed by atoms with Gasteiger partial charge >= 0.3 is 0 Å². The molecule has 0 aliphatic carbocycles. The summed E-state index contributed by atoms with van der Waals surface area (Å²) < 4.78 is 2.34. The number of fused-ring (bicyclic) bond motifs is 1. The van der Waals surface area contributed by atoms with E-state index in [1.54, 1.807) is 0 Å². The predicted octanol–water partition coefficient (Wildman–Crippen LogP) is 3.08. The first-order valence-corrected chi connectivity index (χ1v) is 7.32. The monoisotopic (exact) mass is 279 g/mol. The minimum absolute atomic E-state index is 0.621. The Balaban J connectivity index is 2.34. The summed E-state index contributed by atoms with van der Waals surface area (Å²) in [6.45, 7) is 4.24. The molecular formula is C15H22ClN3. The van der Waals surface area contributed by atoms with Gasteiger partial charge in [-0.3, -0.25) is 0 Å². The fraction of sp³-hybridized carbons (Fsp3) is 0.533. The van der Waals surface area contributed by atoms with Gasteiger partial charge in [-0.25, -0.2) is 4.98 Å². The molecule has 1 heterocycles. The van der Waals surface area contributed by atoms with E-state index in [4.69, 9.17) is 16.6 Å². The normalized spacial score (nSPS) is 11.6. The lowest BCUT2D eigenvalue weighted by Crippen LogP contribution is -2.16. The molecule has 0 spiro atoms. The Morgan fingerprint density at radius 1 is 1.32 bits per heavy atom. The maximum atomic E-state index is 5.90. The molecule has 2 rings (SSSR count). The molecule has 1 aromatic carbocycles. The molecular weight excluding hydrogens is 258 g/mol. The number of rotatable bonds is 6. The van der Waals surface area contributed by atoms with Gasteiger partial charge in [-0.05, 0) is 45.6 Å². The van der Waals surface area contributed by atoms with E-state index in [2.05, 4.69) is 48.7 Å². The number of para-hydroxylation sites is 1. The summed E-state index contributed by atoms with van der Waals surface area (Å²) in [5.74, 6) is 1.73. The molecule has 1 aromatic heterocycles. The zero-order valence-electron chi connectivity index (χ0n) is 12.0. The second-order valence-electron chi connectivity index (χ2n) is 5.22. The van der Waals surface area contributed by atoms with E-state index in [1.807, 2.05) is 0 Å². The predicted molar refractivity (Wildman–Crippen MR) is 82.1 cm³/mol. The summed E-state index contributed by atoms with van der Waals surface area (Å²) in [5, 5.41) is 0. The van der Waals surface area contributed by atoms with Crippen molar-refractivity contribution < 1.29 is 0 Å². The largest absolute Gasteiger partial charge is 0.328 e. The summed E-state index contributed by atoms with van der Waals surface area (Å²) >= 11 is 5.90. The molecule has 19 heavy (non-hydrogen) atoms. The van der Waals surface area contributed by atoms with Gasteiger partial charge in [0.25, 0.3) is 0 Å². The van der Waals surface area contributed by atoms with Gasteiger partial charge in [0, 0.05) is 18.8 Å². The van der Waals surface area contributed by atoms with Crippen molar-refractivity contribution in [3.8, 4) is 0 Å². The van der Waals surface area contributed by atoms with Crippen LogP contribution < -0.4 is 0 Å². The van der Waals surface area contributed by atoms with Crippen molar-refractivity contribution in [2.45, 2.75) is 26.3 Å². The smallest absolute Gasteiger partial charge is 0.111 e. The van der Waals surface area contributed by atoms with Crippen LogP contribution in [0.25, 0.3) is 11.0 Å². The van der Waals surface area contributed by atoms with E-state index in [0.29, 0.717) is 5.88 Å². The van der Waals surface area contributed by atoms with Gasteiger partial charge < -0.3 is 9.47 Å². The lowest BCUT2D eigenvalue weighted by Gasteiger charge is -2.13. The topological polar surface area (TPSA) is 21.1 Å². The van der Waals surface area contributed by atoms with Crippen molar-refractivity contribution in [3.63, 3.8) is 0 Å². The summed E-state index contributed by atoms with van der Waals surface area (Å²) in [6.07, 6.45) is 1.96. The van der Waals surface area contributed by atoms with Crippen molar-refractivity contribution in [2.75, 3.05) is 26.5 Å². The zero-order chi connectivity index (χ0) is 13.8. The zero-order valence-corrected chi connectivity index (χ0v) is 12.7. The SMILES string of the molecule is Cc1cccc2nc(CCCl)n(CCCN(C)C)c12. The maximum absolute atomic E-state index is 5.90. The van der Waals surface area contributed by atoms with Crippen LogP contribution in [0.3, 0.4) is 0 Å². The molecule has 0 N–H and O–H groups in total. The number of benzene rings is 1. The Morgan fingerprint density at radius 3 is 2.79 bits per heavy atom. The van der Waals surface area contributed by atoms with E-state index in [1.165, 1.54) is 11.1 Å². The molecule has 0 amide bonds. The summed E-state index contributed by atoms with van der Waals surface area (Å²) in [6, 6.07) is 6.30. The third kappa shape index (κ3) is 3.28. The molecule has 0 fully saturated rings. The number of hydrogen-bond acceptors (Lipinski definition) is 2. The number of halogens is 1. The Bertz CT molecular complexity index is 546. The average Bonchev–Trinajstić information content (AvgIpc) is 2.69. The first kappa shape index (κ1) is 14.4. The van der Waals surface area contributed by atoms with Crippen LogP contribution in [0, 0.1) is 6.92 Å². The van der Waals surface area contributed by atoms with Gasteiger partial charge in [0.15, 0.2) is 0 Å². The summed E-state index contributed by atoms with van der Waals surface area (Å²) in [4.78, 5) is 6.94. The van der Waals surface area contributed by atoms with Crippen molar-refractivity contribution in [2.24, 2.45) is 0 Å². The first-order valence-electron chi connectivity index (χ1n) is 6.79. The van der Waals surface area contributed by atoms with Crippen LogP contribution in [0.1, 0.15) is 17.8 Å². The number of aromatic nitrogens is 2. The minimum Gasteiger partial charge on any atom is -0.328 e. The number of hydrogen-bond donors (Lipinski definition) is 0. The quantitative estimate of drug-likeness (QED) is 0.758. The fourth-order valence-corrected chi connectivity index (χ4v) is 2.64. The van der Waals surface area contributed by atoms with Gasteiger partial charge in [0.1, 0.15) is 5.82 Å². The molecule has 104 valence electrons. The molecule has 3 nitrogen and oxygen atoms in total. The summed E-state index contributed by atoms with van der Waals surface area (Å²) in [5.41, 5.74) is 3.64. The van der Waals surface area contributed by atoms with Crippen molar-refractivity contribution in [1.82, 2.24) is 14.5 Å². The Hall–Kier alpha value is -1.06. The van der Waals surface area contributed by atoms with Crippen LogP contribution >= 0.6 is 11.6 Å². The third-order valence-corrected chi connectivity index (χ3v) is 3.54. The van der Waals surface area contributed by atoms with E-state index in [9.17, 15) is 0 Å². The molecule has 2 aromatic rings. The minimum atomic E-state index is 0.621. The van der Waals surface area contributed by atoms with Crippen molar-refractivity contribution >= 4 is 22.6 Å². The van der Waals surface area contributed by atoms with Gasteiger partial charge in [-0.1, -0.05) is 12.1 Å². The van der Waals surface area contributed by atoms with Crippen molar-refractivity contribution in [1.29, 1.82) is 0 Å².